The van der Waals surface area contributed by atoms with E-state index < -0.39 is 0 Å². The first kappa shape index (κ1) is 20.3. The average molecular weight is 421 g/mol. The highest BCUT2D eigenvalue weighted by Gasteiger charge is 2.37. The molecule has 6 heteroatoms. The van der Waals surface area contributed by atoms with Crippen LogP contribution in [0.5, 0.6) is 0 Å². The maximum Gasteiger partial charge on any atom is 0.255 e. The van der Waals surface area contributed by atoms with Crippen LogP contribution in [0, 0.1) is 5.92 Å². The van der Waals surface area contributed by atoms with Crippen LogP contribution in [0.15, 0.2) is 41.2 Å². The van der Waals surface area contributed by atoms with Gasteiger partial charge in [0.05, 0.1) is 0 Å². The summed E-state index contributed by atoms with van der Waals surface area (Å²) in [6, 6.07) is 11.9. The number of aromatic nitrogens is 1. The van der Waals surface area contributed by atoms with Gasteiger partial charge in [0.2, 0.25) is 0 Å². The molecule has 0 radical (unpaired) electrons. The van der Waals surface area contributed by atoms with Gasteiger partial charge in [0.15, 0.2) is 0 Å². The van der Waals surface area contributed by atoms with E-state index in [4.69, 9.17) is 0 Å². The molecule has 0 saturated carbocycles. The molecule has 1 aromatic heterocycles. The minimum atomic E-state index is 0.0925. The first-order chi connectivity index (χ1) is 15.1. The number of rotatable bonds is 4. The zero-order valence-corrected chi connectivity index (χ0v) is 18.3. The van der Waals surface area contributed by atoms with Crippen molar-refractivity contribution in [2.75, 3.05) is 38.5 Å². The highest BCUT2D eigenvalue weighted by atomic mass is 16.2. The topological polar surface area (TPSA) is 57.6 Å². The van der Waals surface area contributed by atoms with Crippen molar-refractivity contribution in [2.45, 2.75) is 44.7 Å². The Morgan fingerprint density at radius 3 is 2.52 bits per heavy atom. The number of benzene rings is 1. The van der Waals surface area contributed by atoms with E-state index >= 15 is 0 Å². The van der Waals surface area contributed by atoms with Crippen molar-refractivity contribution in [3.8, 4) is 0 Å². The molecule has 6 nitrogen and oxygen atoms in total. The third-order valence-electron chi connectivity index (χ3n) is 7.23. The Bertz CT molecular complexity index is 1010. The molecule has 164 valence electrons. The third kappa shape index (κ3) is 4.01. The molecular formula is C25H32N4O2. The minimum Gasteiger partial charge on any atom is -0.388 e. The molecule has 1 amide bonds. The van der Waals surface area contributed by atoms with Crippen LogP contribution in [0.4, 0.5) is 5.69 Å². The number of pyridine rings is 1. The van der Waals surface area contributed by atoms with Gasteiger partial charge in [-0.2, -0.15) is 0 Å². The van der Waals surface area contributed by atoms with Crippen LogP contribution in [0.3, 0.4) is 0 Å². The summed E-state index contributed by atoms with van der Waals surface area (Å²) in [6.07, 6.45) is 4.83. The Morgan fingerprint density at radius 2 is 1.77 bits per heavy atom. The predicted octanol–water partition coefficient (Wildman–Crippen LogP) is 3.14. The van der Waals surface area contributed by atoms with Crippen LogP contribution in [-0.4, -0.2) is 53.5 Å². The lowest BCUT2D eigenvalue weighted by molar-refractivity contribution is 0.0594. The summed E-state index contributed by atoms with van der Waals surface area (Å²) >= 11 is 0. The number of nitrogens with one attached hydrogen (secondary N) is 1. The number of likely N-dealkylation sites (tertiary alicyclic amines) is 2. The lowest BCUT2D eigenvalue weighted by Gasteiger charge is -2.43. The van der Waals surface area contributed by atoms with Crippen molar-refractivity contribution in [2.24, 2.45) is 5.92 Å². The number of amides is 1. The number of nitrogens with zero attached hydrogens (tertiary/aromatic N) is 3. The minimum absolute atomic E-state index is 0.0925. The molecule has 2 bridgehead atoms. The summed E-state index contributed by atoms with van der Waals surface area (Å²) < 4.78 is 2.02. The molecule has 2 saturated heterocycles. The molecule has 3 aliphatic heterocycles. The molecule has 0 unspecified atom stereocenters. The second-order valence-electron chi connectivity index (χ2n) is 9.37. The molecule has 3 aliphatic rings. The first-order valence-electron chi connectivity index (χ1n) is 11.6. The van der Waals surface area contributed by atoms with Gasteiger partial charge in [0, 0.05) is 61.7 Å². The highest BCUT2D eigenvalue weighted by Crippen LogP contribution is 2.35. The number of carbonyl (C=O) groups is 1. The van der Waals surface area contributed by atoms with E-state index in [0.29, 0.717) is 12.5 Å². The number of anilines is 1. The lowest BCUT2D eigenvalue weighted by Crippen LogP contribution is -2.49. The Labute approximate surface area is 183 Å². The van der Waals surface area contributed by atoms with Crippen LogP contribution >= 0.6 is 0 Å². The third-order valence-corrected chi connectivity index (χ3v) is 7.23. The molecule has 1 N–H and O–H groups in total. The fraction of sp³-hybridized carbons (Fsp3) is 0.520. The van der Waals surface area contributed by atoms with Crippen LogP contribution in [0.2, 0.25) is 0 Å². The number of fused-ring (bicyclic) bond motifs is 4. The lowest BCUT2D eigenvalue weighted by atomic mass is 9.82. The zero-order valence-electron chi connectivity index (χ0n) is 18.3. The number of hydrogen-bond donors (Lipinski definition) is 1. The summed E-state index contributed by atoms with van der Waals surface area (Å²) in [5.74, 6) is 0.675. The van der Waals surface area contributed by atoms with Gasteiger partial charge >= 0.3 is 0 Å². The molecule has 2 fully saturated rings. The van der Waals surface area contributed by atoms with Crippen LogP contribution in [-0.2, 0) is 13.1 Å². The van der Waals surface area contributed by atoms with E-state index in [1.54, 1.807) is 0 Å². The maximum atomic E-state index is 13.3. The Balaban J connectivity index is 1.34. The molecule has 0 spiro atoms. The van der Waals surface area contributed by atoms with Gasteiger partial charge in [-0.05, 0) is 68.6 Å². The Morgan fingerprint density at radius 1 is 1.00 bits per heavy atom. The average Bonchev–Trinajstić information content (AvgIpc) is 2.81. The SMILES string of the molecule is CNc1ccc(C(=O)N2C[C@@H]3C[C@H](C2)c2ccc(CN4CCCCC4)c(=O)n2C3)cc1. The number of piperidine rings is 2. The zero-order chi connectivity index (χ0) is 21.4. The van der Waals surface area contributed by atoms with Gasteiger partial charge < -0.3 is 14.8 Å². The second kappa shape index (κ2) is 8.50. The molecule has 31 heavy (non-hydrogen) atoms. The van der Waals surface area contributed by atoms with Crippen molar-refractivity contribution in [3.63, 3.8) is 0 Å². The molecule has 4 heterocycles. The van der Waals surface area contributed by atoms with Crippen LogP contribution in [0.1, 0.15) is 53.2 Å². The van der Waals surface area contributed by atoms with E-state index in [2.05, 4.69) is 16.3 Å². The fourth-order valence-electron chi connectivity index (χ4n) is 5.60. The summed E-state index contributed by atoms with van der Waals surface area (Å²) in [5.41, 5.74) is 3.93. The standard InChI is InChI=1S/C25H32N4O2/c1-26-22-8-5-19(6-9-22)24(30)28-14-18-13-21(17-28)23-10-7-20(25(31)29(23)15-18)16-27-11-3-2-4-12-27/h5-10,18,21,26H,2-4,11-17H2,1H3/t18-,21+/m0/s1. The Kier molecular flexibility index (Phi) is 5.57. The monoisotopic (exact) mass is 420 g/mol. The van der Waals surface area contributed by atoms with Crippen LogP contribution in [0.25, 0.3) is 0 Å². The molecule has 1 aromatic carbocycles. The molecule has 2 atom stereocenters. The number of carbonyl (C=O) groups excluding carboxylic acids is 1. The van der Waals surface area contributed by atoms with E-state index in [0.717, 1.165) is 61.7 Å². The number of hydrogen-bond acceptors (Lipinski definition) is 4. The van der Waals surface area contributed by atoms with E-state index in [1.165, 1.54) is 19.3 Å². The van der Waals surface area contributed by atoms with Gasteiger partial charge in [0.1, 0.15) is 0 Å². The predicted molar refractivity (Wildman–Crippen MR) is 123 cm³/mol. The highest BCUT2D eigenvalue weighted by molar-refractivity contribution is 5.94. The van der Waals surface area contributed by atoms with Gasteiger partial charge in [-0.3, -0.25) is 14.5 Å². The fourth-order valence-corrected chi connectivity index (χ4v) is 5.60. The van der Waals surface area contributed by atoms with Crippen molar-refractivity contribution >= 4 is 11.6 Å². The van der Waals surface area contributed by atoms with Crippen molar-refractivity contribution in [3.05, 3.63) is 63.6 Å². The van der Waals surface area contributed by atoms with Crippen molar-refractivity contribution in [1.82, 2.24) is 14.4 Å². The normalized spacial score (nSPS) is 23.3. The van der Waals surface area contributed by atoms with E-state index in [1.807, 2.05) is 46.8 Å². The molecule has 5 rings (SSSR count). The summed E-state index contributed by atoms with van der Waals surface area (Å²) in [4.78, 5) is 30.8. The van der Waals surface area contributed by atoms with Crippen molar-refractivity contribution in [1.29, 1.82) is 0 Å². The van der Waals surface area contributed by atoms with Gasteiger partial charge in [0.25, 0.3) is 11.5 Å². The van der Waals surface area contributed by atoms with E-state index in [-0.39, 0.29) is 17.4 Å². The Hall–Kier alpha value is -2.60. The largest absolute Gasteiger partial charge is 0.388 e. The summed E-state index contributed by atoms with van der Waals surface area (Å²) in [7, 11) is 1.87. The van der Waals surface area contributed by atoms with Gasteiger partial charge in [-0.15, -0.1) is 0 Å². The second-order valence-corrected chi connectivity index (χ2v) is 9.37. The van der Waals surface area contributed by atoms with Crippen molar-refractivity contribution < 1.29 is 4.79 Å². The summed E-state index contributed by atoms with van der Waals surface area (Å²) in [5, 5.41) is 3.09. The smallest absolute Gasteiger partial charge is 0.255 e. The van der Waals surface area contributed by atoms with Gasteiger partial charge in [-0.1, -0.05) is 12.5 Å². The first-order valence-corrected chi connectivity index (χ1v) is 11.6. The summed E-state index contributed by atoms with van der Waals surface area (Å²) in [6.45, 7) is 5.10. The molecular weight excluding hydrogens is 388 g/mol. The molecule has 2 aromatic rings. The maximum absolute atomic E-state index is 13.3. The van der Waals surface area contributed by atoms with Crippen LogP contribution < -0.4 is 10.9 Å². The molecule has 0 aliphatic carbocycles. The quantitative estimate of drug-likeness (QED) is 0.826. The van der Waals surface area contributed by atoms with E-state index in [9.17, 15) is 9.59 Å². The van der Waals surface area contributed by atoms with Gasteiger partial charge in [-0.25, -0.2) is 0 Å².